The maximum atomic E-state index is 12.9. The summed E-state index contributed by atoms with van der Waals surface area (Å²) in [6.07, 6.45) is 7.90. The van der Waals surface area contributed by atoms with E-state index in [-0.39, 0.29) is 17.8 Å². The Balaban J connectivity index is 1.60. The highest BCUT2D eigenvalue weighted by Gasteiger charge is 2.18. The number of aromatic nitrogens is 2. The van der Waals surface area contributed by atoms with Crippen LogP contribution in [0.2, 0.25) is 0 Å². The molecule has 2 saturated heterocycles. The predicted molar refractivity (Wildman–Crippen MR) is 100 cm³/mol. The van der Waals surface area contributed by atoms with Crippen molar-refractivity contribution < 1.29 is 9.47 Å². The van der Waals surface area contributed by atoms with Gasteiger partial charge in [-0.05, 0) is 37.8 Å². The molecule has 7 nitrogen and oxygen atoms in total. The van der Waals surface area contributed by atoms with Crippen LogP contribution in [0.25, 0.3) is 5.65 Å². The summed E-state index contributed by atoms with van der Waals surface area (Å²) in [5, 5.41) is 3.29. The van der Waals surface area contributed by atoms with Gasteiger partial charge in [-0.3, -0.25) is 14.2 Å². The minimum absolute atomic E-state index is 0.124. The third-order valence-corrected chi connectivity index (χ3v) is 4.84. The Morgan fingerprint density at radius 1 is 1.23 bits per heavy atom. The molecule has 0 spiro atoms. The predicted octanol–water partition coefficient (Wildman–Crippen LogP) is 1.88. The lowest BCUT2D eigenvalue weighted by atomic mass is 10.2. The van der Waals surface area contributed by atoms with Gasteiger partial charge in [-0.25, -0.2) is 4.98 Å². The van der Waals surface area contributed by atoms with Gasteiger partial charge in [-0.2, -0.15) is 0 Å². The Kier molecular flexibility index (Phi) is 5.26. The summed E-state index contributed by atoms with van der Waals surface area (Å²) in [4.78, 5) is 22.0. The molecule has 0 aliphatic carbocycles. The van der Waals surface area contributed by atoms with Crippen molar-refractivity contribution in [2.24, 2.45) is 4.99 Å². The van der Waals surface area contributed by atoms with E-state index in [0.717, 1.165) is 38.9 Å². The lowest BCUT2D eigenvalue weighted by Gasteiger charge is -2.14. The Morgan fingerprint density at radius 3 is 2.81 bits per heavy atom. The lowest BCUT2D eigenvalue weighted by Crippen LogP contribution is -2.25. The van der Waals surface area contributed by atoms with Crippen molar-refractivity contribution in [2.45, 2.75) is 37.9 Å². The molecular weight excluding hydrogens is 332 g/mol. The van der Waals surface area contributed by atoms with Gasteiger partial charge in [0.05, 0.1) is 18.8 Å². The molecule has 0 aromatic carbocycles. The maximum Gasteiger partial charge on any atom is 0.268 e. The van der Waals surface area contributed by atoms with Crippen LogP contribution >= 0.6 is 0 Å². The van der Waals surface area contributed by atoms with Crippen LogP contribution < -0.4 is 10.9 Å². The summed E-state index contributed by atoms with van der Waals surface area (Å²) in [6.45, 7) is 2.81. The largest absolute Gasteiger partial charge is 0.376 e. The second kappa shape index (κ2) is 7.97. The van der Waals surface area contributed by atoms with Gasteiger partial charge >= 0.3 is 0 Å². The van der Waals surface area contributed by atoms with Crippen LogP contribution in [0.1, 0.15) is 31.2 Å². The van der Waals surface area contributed by atoms with Crippen LogP contribution in [0.5, 0.6) is 0 Å². The Hall–Kier alpha value is -2.25. The third kappa shape index (κ3) is 3.78. The molecule has 0 radical (unpaired) electrons. The molecule has 2 aliphatic heterocycles. The fourth-order valence-corrected chi connectivity index (χ4v) is 3.42. The SMILES string of the molecule is O=c1c(C=NC[C@@H]2CCCO2)c(NC[C@H]2CCCO2)nc2ccccn12. The van der Waals surface area contributed by atoms with Crippen molar-refractivity contribution in [2.75, 3.05) is 31.6 Å². The number of aliphatic imine (C=N–C) groups is 1. The molecule has 0 unspecified atom stereocenters. The van der Waals surface area contributed by atoms with Crippen LogP contribution in [0.15, 0.2) is 34.2 Å². The smallest absolute Gasteiger partial charge is 0.268 e. The van der Waals surface area contributed by atoms with E-state index in [1.54, 1.807) is 16.8 Å². The average molecular weight is 356 g/mol. The second-order valence-corrected chi connectivity index (χ2v) is 6.75. The first-order valence-electron chi connectivity index (χ1n) is 9.29. The summed E-state index contributed by atoms with van der Waals surface area (Å²) >= 11 is 0. The molecule has 26 heavy (non-hydrogen) atoms. The molecule has 0 saturated carbocycles. The van der Waals surface area contributed by atoms with Crippen LogP contribution in [-0.2, 0) is 9.47 Å². The number of nitrogens with one attached hydrogen (secondary N) is 1. The van der Waals surface area contributed by atoms with Gasteiger partial charge in [-0.1, -0.05) is 6.07 Å². The van der Waals surface area contributed by atoms with E-state index in [2.05, 4.69) is 15.3 Å². The molecule has 0 amide bonds. The van der Waals surface area contributed by atoms with Crippen molar-refractivity contribution in [3.05, 3.63) is 40.3 Å². The summed E-state index contributed by atoms with van der Waals surface area (Å²) in [5.41, 5.74) is 0.967. The van der Waals surface area contributed by atoms with E-state index < -0.39 is 0 Å². The summed E-state index contributed by atoms with van der Waals surface area (Å²) in [5.74, 6) is 0.563. The number of fused-ring (bicyclic) bond motifs is 1. The first-order valence-corrected chi connectivity index (χ1v) is 9.29. The zero-order valence-corrected chi connectivity index (χ0v) is 14.8. The van der Waals surface area contributed by atoms with E-state index in [4.69, 9.17) is 9.47 Å². The lowest BCUT2D eigenvalue weighted by molar-refractivity contribution is 0.118. The number of ether oxygens (including phenoxy) is 2. The van der Waals surface area contributed by atoms with Crippen LogP contribution in [0, 0.1) is 0 Å². The topological polar surface area (TPSA) is 77.2 Å². The van der Waals surface area contributed by atoms with Gasteiger partial charge in [0.2, 0.25) is 0 Å². The fraction of sp³-hybridized carbons (Fsp3) is 0.526. The zero-order valence-electron chi connectivity index (χ0n) is 14.8. The standard InChI is InChI=1S/C19H24N4O3/c24-19-16(13-20-11-14-5-3-9-25-14)18(21-12-15-6-4-10-26-15)22-17-7-1-2-8-23(17)19/h1-2,7-8,13-15,21H,3-6,9-12H2/t14-,15+/m0/s1. The van der Waals surface area contributed by atoms with E-state index in [0.29, 0.717) is 30.1 Å². The molecule has 2 aromatic heterocycles. The molecule has 0 bridgehead atoms. The average Bonchev–Trinajstić information content (AvgIpc) is 3.36. The van der Waals surface area contributed by atoms with Gasteiger partial charge in [-0.15, -0.1) is 0 Å². The minimum atomic E-state index is -0.124. The molecule has 1 N–H and O–H groups in total. The zero-order chi connectivity index (χ0) is 17.8. The number of pyridine rings is 1. The van der Waals surface area contributed by atoms with Crippen molar-refractivity contribution in [1.29, 1.82) is 0 Å². The fourth-order valence-electron chi connectivity index (χ4n) is 3.42. The normalized spacial score (nSPS) is 23.2. The van der Waals surface area contributed by atoms with Crippen molar-refractivity contribution in [3.8, 4) is 0 Å². The summed E-state index contributed by atoms with van der Waals surface area (Å²) in [6, 6.07) is 5.52. The monoisotopic (exact) mass is 356 g/mol. The van der Waals surface area contributed by atoms with Crippen molar-refractivity contribution >= 4 is 17.7 Å². The number of hydrogen-bond donors (Lipinski definition) is 1. The number of nitrogens with zero attached hydrogens (tertiary/aromatic N) is 3. The highest BCUT2D eigenvalue weighted by atomic mass is 16.5. The number of anilines is 1. The van der Waals surface area contributed by atoms with Gasteiger partial charge in [0, 0.05) is 32.2 Å². The minimum Gasteiger partial charge on any atom is -0.376 e. The summed E-state index contributed by atoms with van der Waals surface area (Å²) in [7, 11) is 0. The molecule has 2 aromatic rings. The second-order valence-electron chi connectivity index (χ2n) is 6.75. The van der Waals surface area contributed by atoms with Gasteiger partial charge in [0.1, 0.15) is 17.0 Å². The van der Waals surface area contributed by atoms with Crippen LogP contribution in [0.3, 0.4) is 0 Å². The highest BCUT2D eigenvalue weighted by molar-refractivity contribution is 5.86. The molecule has 138 valence electrons. The van der Waals surface area contributed by atoms with E-state index in [1.807, 2.05) is 18.2 Å². The molecule has 4 heterocycles. The van der Waals surface area contributed by atoms with Crippen LogP contribution in [0.4, 0.5) is 5.82 Å². The molecule has 7 heteroatoms. The highest BCUT2D eigenvalue weighted by Crippen LogP contribution is 2.15. The maximum absolute atomic E-state index is 12.9. The van der Waals surface area contributed by atoms with Crippen molar-refractivity contribution in [3.63, 3.8) is 0 Å². The molecule has 2 fully saturated rings. The van der Waals surface area contributed by atoms with Gasteiger partial charge in [0.15, 0.2) is 0 Å². The number of hydrogen-bond acceptors (Lipinski definition) is 6. The first kappa shape index (κ1) is 17.2. The van der Waals surface area contributed by atoms with E-state index in [1.165, 1.54) is 0 Å². The van der Waals surface area contributed by atoms with Gasteiger partial charge < -0.3 is 14.8 Å². The van der Waals surface area contributed by atoms with Crippen molar-refractivity contribution in [1.82, 2.24) is 9.38 Å². The number of rotatable bonds is 6. The quantitative estimate of drug-likeness (QED) is 0.800. The first-order chi connectivity index (χ1) is 12.8. The molecular formula is C19H24N4O3. The van der Waals surface area contributed by atoms with E-state index >= 15 is 0 Å². The van der Waals surface area contributed by atoms with Crippen LogP contribution in [-0.4, -0.2) is 54.1 Å². The Bertz CT molecular complexity index is 836. The molecule has 4 rings (SSSR count). The Morgan fingerprint density at radius 2 is 2.04 bits per heavy atom. The third-order valence-electron chi connectivity index (χ3n) is 4.84. The molecule has 2 aliphatic rings. The van der Waals surface area contributed by atoms with Gasteiger partial charge in [0.25, 0.3) is 5.56 Å². The Labute approximate surface area is 152 Å². The van der Waals surface area contributed by atoms with E-state index in [9.17, 15) is 4.79 Å². The summed E-state index contributed by atoms with van der Waals surface area (Å²) < 4.78 is 12.8. The molecule has 2 atom stereocenters.